The lowest BCUT2D eigenvalue weighted by atomic mass is 10.1. The van der Waals surface area contributed by atoms with Crippen LogP contribution in [0.3, 0.4) is 0 Å². The number of benzene rings is 2. The van der Waals surface area contributed by atoms with Crippen molar-refractivity contribution in [1.82, 2.24) is 0 Å². The second-order valence-corrected chi connectivity index (χ2v) is 6.21. The van der Waals surface area contributed by atoms with E-state index in [9.17, 15) is 5.11 Å². The van der Waals surface area contributed by atoms with Gasteiger partial charge in [0.25, 0.3) is 0 Å². The van der Waals surface area contributed by atoms with Gasteiger partial charge in [0, 0.05) is 22.2 Å². The zero-order valence-corrected chi connectivity index (χ0v) is 14.1. The monoisotopic (exact) mass is 393 g/mol. The number of rotatable bonds is 4. The number of hydrogen-bond acceptors (Lipinski definition) is 2. The lowest BCUT2D eigenvalue weighted by molar-refractivity contribution is 0.191. The Morgan fingerprint density at radius 3 is 2.60 bits per heavy atom. The molecule has 106 valence electrons. The molecule has 2 aromatic rings. The topological polar surface area (TPSA) is 32.3 Å². The van der Waals surface area contributed by atoms with Crippen LogP contribution >= 0.6 is 50.7 Å². The van der Waals surface area contributed by atoms with Crippen LogP contribution in [-0.2, 0) is 0 Å². The fraction of sp³-hybridized carbons (Fsp3) is 0.143. The number of aliphatic hydroxyl groups excluding tert-OH is 1. The maximum absolute atomic E-state index is 10.2. The quantitative estimate of drug-likeness (QED) is 0.711. The molecule has 0 amide bonds. The first-order valence-corrected chi connectivity index (χ1v) is 7.72. The fourth-order valence-corrected chi connectivity index (χ4v) is 2.73. The Hall–Kier alpha value is -0.450. The molecular formula is C14H11BrCl3NO. The van der Waals surface area contributed by atoms with E-state index in [2.05, 4.69) is 21.2 Å². The third-order valence-corrected chi connectivity index (χ3v) is 4.73. The van der Waals surface area contributed by atoms with Crippen LogP contribution < -0.4 is 5.32 Å². The molecule has 0 aliphatic rings. The molecule has 2 nitrogen and oxygen atoms in total. The summed E-state index contributed by atoms with van der Waals surface area (Å²) >= 11 is 21.4. The molecule has 2 rings (SSSR count). The second kappa shape index (κ2) is 7.01. The lowest BCUT2D eigenvalue weighted by Crippen LogP contribution is -2.13. The van der Waals surface area contributed by atoms with Crippen LogP contribution in [0.5, 0.6) is 0 Å². The van der Waals surface area contributed by atoms with Gasteiger partial charge >= 0.3 is 0 Å². The van der Waals surface area contributed by atoms with Gasteiger partial charge < -0.3 is 10.4 Å². The van der Waals surface area contributed by atoms with Gasteiger partial charge in [0.2, 0.25) is 0 Å². The highest BCUT2D eigenvalue weighted by atomic mass is 79.9. The average Bonchev–Trinajstić information content (AvgIpc) is 2.43. The number of hydrogen-bond donors (Lipinski definition) is 2. The average molecular weight is 396 g/mol. The minimum Gasteiger partial charge on any atom is -0.387 e. The van der Waals surface area contributed by atoms with Crippen molar-refractivity contribution in [2.24, 2.45) is 0 Å². The van der Waals surface area contributed by atoms with Gasteiger partial charge in [-0.2, -0.15) is 0 Å². The van der Waals surface area contributed by atoms with Crippen molar-refractivity contribution >= 4 is 56.4 Å². The number of halogens is 4. The summed E-state index contributed by atoms with van der Waals surface area (Å²) in [6.45, 7) is 0.291. The van der Waals surface area contributed by atoms with Crippen LogP contribution in [-0.4, -0.2) is 11.7 Å². The van der Waals surface area contributed by atoms with Gasteiger partial charge in [0.05, 0.1) is 21.3 Å². The van der Waals surface area contributed by atoms with Crippen LogP contribution in [0.4, 0.5) is 5.69 Å². The van der Waals surface area contributed by atoms with E-state index in [1.165, 1.54) is 0 Å². The van der Waals surface area contributed by atoms with Crippen LogP contribution in [0.1, 0.15) is 11.7 Å². The first-order valence-electron chi connectivity index (χ1n) is 5.80. The van der Waals surface area contributed by atoms with Crippen LogP contribution in [0, 0.1) is 0 Å². The summed E-state index contributed by atoms with van der Waals surface area (Å²) in [5, 5.41) is 14.9. The van der Waals surface area contributed by atoms with Gasteiger partial charge in [0.15, 0.2) is 0 Å². The lowest BCUT2D eigenvalue weighted by Gasteiger charge is -2.16. The molecule has 20 heavy (non-hydrogen) atoms. The standard InChI is InChI=1S/C14H11BrCl3NO/c15-14-11(18)2-1-3-12(14)19-7-13(20)9-6-8(16)4-5-10(9)17/h1-6,13,19-20H,7H2. The molecule has 2 N–H and O–H groups in total. The maximum atomic E-state index is 10.2. The highest BCUT2D eigenvalue weighted by molar-refractivity contribution is 9.10. The van der Waals surface area contributed by atoms with E-state index >= 15 is 0 Å². The molecule has 0 fully saturated rings. The molecule has 0 aromatic heterocycles. The molecule has 0 aliphatic carbocycles. The number of nitrogens with one attached hydrogen (secondary N) is 1. The summed E-state index contributed by atoms with van der Waals surface area (Å²) in [4.78, 5) is 0. The first-order chi connectivity index (χ1) is 9.49. The molecule has 0 saturated heterocycles. The normalized spacial score (nSPS) is 12.2. The first kappa shape index (κ1) is 15.9. The predicted octanol–water partition coefficient (Wildman–Crippen LogP) is 5.55. The zero-order valence-electron chi connectivity index (χ0n) is 10.2. The highest BCUT2D eigenvalue weighted by Crippen LogP contribution is 2.31. The van der Waals surface area contributed by atoms with Crippen LogP contribution in [0.2, 0.25) is 15.1 Å². The Morgan fingerprint density at radius 2 is 1.85 bits per heavy atom. The zero-order chi connectivity index (χ0) is 14.7. The minimum atomic E-state index is -0.771. The number of anilines is 1. The Balaban J connectivity index is 2.10. The Morgan fingerprint density at radius 1 is 1.10 bits per heavy atom. The molecule has 1 atom stereocenters. The van der Waals surface area contributed by atoms with E-state index in [-0.39, 0.29) is 0 Å². The predicted molar refractivity (Wildman–Crippen MR) is 89.1 cm³/mol. The van der Waals surface area contributed by atoms with Crippen molar-refractivity contribution in [3.63, 3.8) is 0 Å². The minimum absolute atomic E-state index is 0.291. The maximum Gasteiger partial charge on any atom is 0.0977 e. The molecule has 0 saturated carbocycles. The van der Waals surface area contributed by atoms with E-state index in [4.69, 9.17) is 34.8 Å². The van der Waals surface area contributed by atoms with Gasteiger partial charge in [0.1, 0.15) is 0 Å². The largest absolute Gasteiger partial charge is 0.387 e. The van der Waals surface area contributed by atoms with Crippen molar-refractivity contribution in [1.29, 1.82) is 0 Å². The van der Waals surface area contributed by atoms with Crippen molar-refractivity contribution in [2.45, 2.75) is 6.10 Å². The van der Waals surface area contributed by atoms with Crippen molar-refractivity contribution < 1.29 is 5.11 Å². The molecule has 1 unspecified atom stereocenters. The highest BCUT2D eigenvalue weighted by Gasteiger charge is 2.13. The second-order valence-electron chi connectivity index (χ2n) is 4.16. The Labute approximate surface area is 140 Å². The van der Waals surface area contributed by atoms with Gasteiger partial charge in [-0.15, -0.1) is 0 Å². The Bertz CT molecular complexity index is 621. The van der Waals surface area contributed by atoms with Gasteiger partial charge in [-0.3, -0.25) is 0 Å². The molecule has 2 aromatic carbocycles. The molecule has 0 spiro atoms. The molecular weight excluding hydrogens is 384 g/mol. The van der Waals surface area contributed by atoms with Crippen LogP contribution in [0.15, 0.2) is 40.9 Å². The molecule has 6 heteroatoms. The molecule has 0 heterocycles. The van der Waals surface area contributed by atoms with E-state index in [0.29, 0.717) is 27.2 Å². The Kier molecular flexibility index (Phi) is 5.58. The SMILES string of the molecule is OC(CNc1cccc(Cl)c1Br)c1cc(Cl)ccc1Cl. The summed E-state index contributed by atoms with van der Waals surface area (Å²) in [7, 11) is 0. The van der Waals surface area contributed by atoms with Crippen LogP contribution in [0.25, 0.3) is 0 Å². The molecule has 0 aliphatic heterocycles. The van der Waals surface area contributed by atoms with Crippen molar-refractivity contribution in [3.05, 3.63) is 61.5 Å². The van der Waals surface area contributed by atoms with E-state index in [1.54, 1.807) is 24.3 Å². The molecule has 0 bridgehead atoms. The van der Waals surface area contributed by atoms with Gasteiger partial charge in [-0.05, 0) is 46.3 Å². The summed E-state index contributed by atoms with van der Waals surface area (Å²) in [5.41, 5.74) is 1.39. The van der Waals surface area contributed by atoms with Gasteiger partial charge in [-0.25, -0.2) is 0 Å². The third-order valence-electron chi connectivity index (χ3n) is 2.75. The van der Waals surface area contributed by atoms with Crippen molar-refractivity contribution in [3.8, 4) is 0 Å². The number of aliphatic hydroxyl groups is 1. The fourth-order valence-electron chi connectivity index (χ4n) is 1.73. The summed E-state index contributed by atoms with van der Waals surface area (Å²) in [6.07, 6.45) is -0.771. The summed E-state index contributed by atoms with van der Waals surface area (Å²) < 4.78 is 0.756. The van der Waals surface area contributed by atoms with E-state index in [1.807, 2.05) is 12.1 Å². The third kappa shape index (κ3) is 3.80. The summed E-state index contributed by atoms with van der Waals surface area (Å²) in [6, 6.07) is 10.5. The summed E-state index contributed by atoms with van der Waals surface area (Å²) in [5.74, 6) is 0. The molecule has 0 radical (unpaired) electrons. The van der Waals surface area contributed by atoms with Crippen molar-refractivity contribution in [2.75, 3.05) is 11.9 Å². The van der Waals surface area contributed by atoms with E-state index < -0.39 is 6.10 Å². The van der Waals surface area contributed by atoms with Gasteiger partial charge in [-0.1, -0.05) is 40.9 Å². The smallest absolute Gasteiger partial charge is 0.0977 e. The van der Waals surface area contributed by atoms with E-state index in [0.717, 1.165) is 10.2 Å².